The number of anilines is 1. The lowest BCUT2D eigenvalue weighted by Crippen LogP contribution is -2.17. The van der Waals surface area contributed by atoms with Gasteiger partial charge in [-0.25, -0.2) is 13.8 Å². The van der Waals surface area contributed by atoms with Gasteiger partial charge in [-0.05, 0) is 37.6 Å². The van der Waals surface area contributed by atoms with E-state index in [9.17, 15) is 26.7 Å². The van der Waals surface area contributed by atoms with Crippen molar-refractivity contribution < 1.29 is 26.7 Å². The third-order valence-corrected chi connectivity index (χ3v) is 5.06. The van der Waals surface area contributed by atoms with Crippen molar-refractivity contribution in [2.45, 2.75) is 26.6 Å². The molecule has 0 aliphatic heterocycles. The van der Waals surface area contributed by atoms with Crippen LogP contribution in [0.4, 0.5) is 27.6 Å². The van der Waals surface area contributed by atoms with Crippen LogP contribution in [0.15, 0.2) is 42.7 Å². The summed E-state index contributed by atoms with van der Waals surface area (Å²) in [4.78, 5) is 20.4. The highest BCUT2D eigenvalue weighted by Crippen LogP contribution is 2.32. The molecule has 4 rings (SSSR count). The van der Waals surface area contributed by atoms with Crippen molar-refractivity contribution >= 4 is 22.5 Å². The Morgan fingerprint density at radius 3 is 2.52 bits per heavy atom. The number of carbonyl (C=O) groups is 1. The minimum Gasteiger partial charge on any atom is -0.319 e. The Balaban J connectivity index is 1.74. The van der Waals surface area contributed by atoms with Gasteiger partial charge in [0.2, 0.25) is 0 Å². The number of hydrogen-bond donors (Lipinski definition) is 1. The molecule has 0 radical (unpaired) electrons. The number of nitrogens with one attached hydrogen (secondary N) is 1. The number of halogens is 5. The van der Waals surface area contributed by atoms with Gasteiger partial charge in [-0.1, -0.05) is 6.07 Å². The monoisotopic (exact) mass is 461 g/mol. The smallest absolute Gasteiger partial charge is 0.319 e. The van der Waals surface area contributed by atoms with Crippen LogP contribution < -0.4 is 5.32 Å². The normalized spacial score (nSPS) is 11.7. The highest BCUT2D eigenvalue weighted by Gasteiger charge is 2.34. The van der Waals surface area contributed by atoms with Crippen molar-refractivity contribution in [3.63, 3.8) is 0 Å². The Kier molecular flexibility index (Phi) is 5.56. The summed E-state index contributed by atoms with van der Waals surface area (Å²) >= 11 is 0. The molecular formula is C22H16F5N5O. The van der Waals surface area contributed by atoms with E-state index in [1.165, 1.54) is 0 Å². The molecule has 0 saturated carbocycles. The SMILES string of the molecule is Cc1nn(Cc2cccnc2)c(C)c1NC(=O)c1cc(C(F)(F)F)nc2cc(F)c(F)cc12. The van der Waals surface area contributed by atoms with Crippen molar-refractivity contribution in [3.8, 4) is 0 Å². The van der Waals surface area contributed by atoms with E-state index in [2.05, 4.69) is 20.4 Å². The lowest BCUT2D eigenvalue weighted by atomic mass is 10.1. The summed E-state index contributed by atoms with van der Waals surface area (Å²) in [5.41, 5.74) is -0.252. The molecule has 170 valence electrons. The van der Waals surface area contributed by atoms with Crippen LogP contribution in [0.3, 0.4) is 0 Å². The van der Waals surface area contributed by atoms with Gasteiger partial charge in [-0.2, -0.15) is 18.3 Å². The minimum absolute atomic E-state index is 0.252. The molecule has 0 atom stereocenters. The molecule has 4 aromatic rings. The number of alkyl halides is 3. The highest BCUT2D eigenvalue weighted by molar-refractivity contribution is 6.12. The summed E-state index contributed by atoms with van der Waals surface area (Å²) < 4.78 is 69.0. The van der Waals surface area contributed by atoms with E-state index in [4.69, 9.17) is 0 Å². The number of fused-ring (bicyclic) bond motifs is 1. The van der Waals surface area contributed by atoms with Gasteiger partial charge in [0.25, 0.3) is 5.91 Å². The van der Waals surface area contributed by atoms with Gasteiger partial charge in [0.05, 0.1) is 34.7 Å². The van der Waals surface area contributed by atoms with E-state index >= 15 is 0 Å². The zero-order valence-electron chi connectivity index (χ0n) is 17.3. The predicted octanol–water partition coefficient (Wildman–Crippen LogP) is 5.04. The molecule has 0 aliphatic carbocycles. The van der Waals surface area contributed by atoms with Gasteiger partial charge in [0.15, 0.2) is 11.6 Å². The Morgan fingerprint density at radius 2 is 1.85 bits per heavy atom. The second-order valence-electron chi connectivity index (χ2n) is 7.36. The summed E-state index contributed by atoms with van der Waals surface area (Å²) in [6, 6.07) is 5.30. The van der Waals surface area contributed by atoms with Crippen LogP contribution in [0.1, 0.15) is 33.0 Å². The molecule has 0 aliphatic rings. The molecule has 0 saturated heterocycles. The van der Waals surface area contributed by atoms with Gasteiger partial charge in [-0.15, -0.1) is 0 Å². The van der Waals surface area contributed by atoms with Crippen molar-refractivity contribution in [2.24, 2.45) is 0 Å². The third-order valence-electron chi connectivity index (χ3n) is 5.06. The van der Waals surface area contributed by atoms with Gasteiger partial charge in [0, 0.05) is 23.8 Å². The van der Waals surface area contributed by atoms with Crippen LogP contribution in [0.25, 0.3) is 10.9 Å². The average Bonchev–Trinajstić information content (AvgIpc) is 3.01. The zero-order valence-corrected chi connectivity index (χ0v) is 17.3. The fourth-order valence-corrected chi connectivity index (χ4v) is 3.43. The van der Waals surface area contributed by atoms with Crippen LogP contribution in [0.2, 0.25) is 0 Å². The van der Waals surface area contributed by atoms with Crippen LogP contribution >= 0.6 is 0 Å². The summed E-state index contributed by atoms with van der Waals surface area (Å²) in [7, 11) is 0. The number of rotatable bonds is 4. The number of aryl methyl sites for hydroxylation is 1. The van der Waals surface area contributed by atoms with E-state index in [1.54, 1.807) is 37.0 Å². The Bertz CT molecular complexity index is 1370. The predicted molar refractivity (Wildman–Crippen MR) is 110 cm³/mol. The highest BCUT2D eigenvalue weighted by atomic mass is 19.4. The third kappa shape index (κ3) is 4.38. The maximum atomic E-state index is 13.8. The van der Waals surface area contributed by atoms with E-state index < -0.39 is 40.5 Å². The molecule has 1 N–H and O–H groups in total. The molecule has 3 aromatic heterocycles. The topological polar surface area (TPSA) is 72.7 Å². The van der Waals surface area contributed by atoms with Crippen molar-refractivity contribution in [1.29, 1.82) is 0 Å². The standard InChI is InChI=1S/C22H16F5N5O/c1-11-20(12(2)32(31-11)10-13-4-3-5-28-9-13)30-21(33)15-7-19(22(25,26)27)29-18-8-17(24)16(23)6-14(15)18/h3-9H,10H2,1-2H3,(H,30,33). The van der Waals surface area contributed by atoms with Crippen LogP contribution in [0.5, 0.6) is 0 Å². The van der Waals surface area contributed by atoms with Gasteiger partial charge < -0.3 is 5.32 Å². The Labute approximate surface area is 184 Å². The van der Waals surface area contributed by atoms with Crippen molar-refractivity contribution in [2.75, 3.05) is 5.32 Å². The van der Waals surface area contributed by atoms with E-state index in [1.807, 2.05) is 6.07 Å². The largest absolute Gasteiger partial charge is 0.433 e. The first-order valence-corrected chi connectivity index (χ1v) is 9.66. The number of nitrogens with zero attached hydrogens (tertiary/aromatic N) is 4. The van der Waals surface area contributed by atoms with Crippen LogP contribution in [-0.4, -0.2) is 25.7 Å². The summed E-state index contributed by atoms with van der Waals surface area (Å²) in [6.45, 7) is 3.67. The van der Waals surface area contributed by atoms with Crippen LogP contribution in [-0.2, 0) is 12.7 Å². The maximum Gasteiger partial charge on any atom is 0.433 e. The van der Waals surface area contributed by atoms with Crippen LogP contribution in [0, 0.1) is 25.5 Å². The number of aromatic nitrogens is 4. The number of carbonyl (C=O) groups excluding carboxylic acids is 1. The fourth-order valence-electron chi connectivity index (χ4n) is 3.43. The van der Waals surface area contributed by atoms with Crippen molar-refractivity contribution in [3.05, 3.63) is 82.6 Å². The quantitative estimate of drug-likeness (QED) is 0.432. The maximum absolute atomic E-state index is 13.8. The first-order valence-electron chi connectivity index (χ1n) is 9.66. The summed E-state index contributed by atoms with van der Waals surface area (Å²) in [5, 5.41) is 6.67. The van der Waals surface area contributed by atoms with Gasteiger partial charge >= 0.3 is 6.18 Å². The lowest BCUT2D eigenvalue weighted by molar-refractivity contribution is -0.140. The van der Waals surface area contributed by atoms with E-state index in [-0.39, 0.29) is 5.39 Å². The van der Waals surface area contributed by atoms with E-state index in [0.29, 0.717) is 41.8 Å². The molecule has 33 heavy (non-hydrogen) atoms. The lowest BCUT2D eigenvalue weighted by Gasteiger charge is -2.13. The number of pyridine rings is 2. The number of amides is 1. The first kappa shape index (κ1) is 22.3. The first-order chi connectivity index (χ1) is 15.5. The molecular weight excluding hydrogens is 445 g/mol. The number of hydrogen-bond acceptors (Lipinski definition) is 4. The second kappa shape index (κ2) is 8.23. The number of benzene rings is 1. The fraction of sp³-hybridized carbons (Fsp3) is 0.182. The minimum atomic E-state index is -4.89. The Hall–Kier alpha value is -3.89. The van der Waals surface area contributed by atoms with Crippen molar-refractivity contribution in [1.82, 2.24) is 19.7 Å². The molecule has 0 unspecified atom stereocenters. The van der Waals surface area contributed by atoms with E-state index in [0.717, 1.165) is 5.56 Å². The second-order valence-corrected chi connectivity index (χ2v) is 7.36. The van der Waals surface area contributed by atoms with Gasteiger partial charge in [0.1, 0.15) is 5.69 Å². The Morgan fingerprint density at radius 1 is 1.12 bits per heavy atom. The molecule has 3 heterocycles. The molecule has 1 aromatic carbocycles. The molecule has 1 amide bonds. The molecule has 6 nitrogen and oxygen atoms in total. The van der Waals surface area contributed by atoms with Gasteiger partial charge in [-0.3, -0.25) is 14.5 Å². The molecule has 0 bridgehead atoms. The zero-order chi connectivity index (χ0) is 23.9. The summed E-state index contributed by atoms with van der Waals surface area (Å²) in [5.74, 6) is -3.62. The molecule has 0 fully saturated rings. The average molecular weight is 461 g/mol. The molecule has 0 spiro atoms. The summed E-state index contributed by atoms with van der Waals surface area (Å²) in [6.07, 6.45) is -1.61. The molecule has 11 heteroatoms.